The van der Waals surface area contributed by atoms with Gasteiger partial charge in [0.1, 0.15) is 5.75 Å². The van der Waals surface area contributed by atoms with E-state index in [9.17, 15) is 21.6 Å². The van der Waals surface area contributed by atoms with Crippen LogP contribution in [0.1, 0.15) is 19.4 Å². The van der Waals surface area contributed by atoms with E-state index >= 15 is 0 Å². The average Bonchev–Trinajstić information content (AvgIpc) is 2.39. The molecule has 0 saturated carbocycles. The SMILES string of the molecule is C[C@H]1[C@H](C)S(=O)(=O)CCN1Cc1cccc(OC(F)(F)F)c1. The van der Waals surface area contributed by atoms with E-state index in [-0.39, 0.29) is 17.5 Å². The number of hydrogen-bond acceptors (Lipinski definition) is 4. The number of rotatable bonds is 3. The van der Waals surface area contributed by atoms with Gasteiger partial charge in [0.25, 0.3) is 0 Å². The summed E-state index contributed by atoms with van der Waals surface area (Å²) in [6.07, 6.45) is -4.72. The summed E-state index contributed by atoms with van der Waals surface area (Å²) in [5, 5.41) is -0.490. The molecule has 4 nitrogen and oxygen atoms in total. The molecule has 1 aromatic rings. The maximum atomic E-state index is 12.2. The zero-order valence-electron chi connectivity index (χ0n) is 12.3. The Kier molecular flexibility index (Phi) is 4.72. The fourth-order valence-electron chi connectivity index (χ4n) is 2.53. The van der Waals surface area contributed by atoms with E-state index in [0.29, 0.717) is 18.7 Å². The van der Waals surface area contributed by atoms with E-state index < -0.39 is 21.4 Å². The Morgan fingerprint density at radius 3 is 2.64 bits per heavy atom. The molecular formula is C14H18F3NO3S. The minimum Gasteiger partial charge on any atom is -0.406 e. The minimum atomic E-state index is -4.72. The molecule has 124 valence electrons. The quantitative estimate of drug-likeness (QED) is 0.851. The first kappa shape index (κ1) is 17.1. The monoisotopic (exact) mass is 337 g/mol. The van der Waals surface area contributed by atoms with Crippen molar-refractivity contribution in [3.63, 3.8) is 0 Å². The molecule has 8 heteroatoms. The van der Waals surface area contributed by atoms with Crippen molar-refractivity contribution in [3.05, 3.63) is 29.8 Å². The summed E-state index contributed by atoms with van der Waals surface area (Å²) in [6, 6.07) is 5.57. The van der Waals surface area contributed by atoms with Crippen molar-refractivity contribution in [3.8, 4) is 5.75 Å². The average molecular weight is 337 g/mol. The summed E-state index contributed by atoms with van der Waals surface area (Å²) in [4.78, 5) is 1.96. The zero-order valence-corrected chi connectivity index (χ0v) is 13.1. The van der Waals surface area contributed by atoms with Crippen molar-refractivity contribution >= 4 is 9.84 Å². The van der Waals surface area contributed by atoms with E-state index in [2.05, 4.69) is 4.74 Å². The first-order valence-corrected chi connectivity index (χ1v) is 8.60. The molecule has 0 radical (unpaired) electrons. The lowest BCUT2D eigenvalue weighted by molar-refractivity contribution is -0.274. The Bertz CT molecular complexity index is 630. The third-order valence-electron chi connectivity index (χ3n) is 4.00. The van der Waals surface area contributed by atoms with Crippen LogP contribution < -0.4 is 4.74 Å². The third kappa shape index (κ3) is 4.13. The van der Waals surface area contributed by atoms with Gasteiger partial charge in [-0.2, -0.15) is 0 Å². The van der Waals surface area contributed by atoms with Crippen molar-refractivity contribution < 1.29 is 26.3 Å². The second kappa shape index (κ2) is 6.08. The highest BCUT2D eigenvalue weighted by Gasteiger charge is 2.35. The van der Waals surface area contributed by atoms with Crippen molar-refractivity contribution in [2.45, 2.75) is 38.0 Å². The van der Waals surface area contributed by atoms with Crippen LogP contribution in [0, 0.1) is 0 Å². The van der Waals surface area contributed by atoms with E-state index in [1.165, 1.54) is 18.2 Å². The number of ether oxygens (including phenoxy) is 1. The topological polar surface area (TPSA) is 46.6 Å². The summed E-state index contributed by atoms with van der Waals surface area (Å²) in [7, 11) is -3.08. The molecule has 0 unspecified atom stereocenters. The summed E-state index contributed by atoms with van der Waals surface area (Å²) >= 11 is 0. The lowest BCUT2D eigenvalue weighted by Crippen LogP contribution is -2.51. The van der Waals surface area contributed by atoms with Crippen LogP contribution in [-0.4, -0.2) is 43.3 Å². The second-order valence-corrected chi connectivity index (χ2v) is 7.96. The Morgan fingerprint density at radius 1 is 1.32 bits per heavy atom. The molecular weight excluding hydrogens is 319 g/mol. The van der Waals surface area contributed by atoms with Crippen LogP contribution in [0.2, 0.25) is 0 Å². The molecule has 1 aliphatic rings. The van der Waals surface area contributed by atoms with Crippen LogP contribution in [0.15, 0.2) is 24.3 Å². The minimum absolute atomic E-state index is 0.0667. The summed E-state index contributed by atoms with van der Waals surface area (Å²) in [5.74, 6) is -0.201. The molecule has 0 amide bonds. The molecule has 0 spiro atoms. The lowest BCUT2D eigenvalue weighted by atomic mass is 10.1. The van der Waals surface area contributed by atoms with Gasteiger partial charge in [-0.05, 0) is 31.5 Å². The highest BCUT2D eigenvalue weighted by molar-refractivity contribution is 7.92. The van der Waals surface area contributed by atoms with E-state index in [1.54, 1.807) is 13.0 Å². The molecule has 2 atom stereocenters. The predicted octanol–water partition coefficient (Wildman–Crippen LogP) is 2.59. The van der Waals surface area contributed by atoms with Gasteiger partial charge in [0.15, 0.2) is 9.84 Å². The van der Waals surface area contributed by atoms with Gasteiger partial charge in [0.05, 0.1) is 11.0 Å². The third-order valence-corrected chi connectivity index (χ3v) is 6.28. The number of hydrogen-bond donors (Lipinski definition) is 0. The van der Waals surface area contributed by atoms with Gasteiger partial charge < -0.3 is 4.74 Å². The summed E-state index contributed by atoms with van der Waals surface area (Å²) < 4.78 is 64.2. The van der Waals surface area contributed by atoms with Gasteiger partial charge >= 0.3 is 6.36 Å². The molecule has 1 fully saturated rings. The molecule has 0 aliphatic carbocycles. The Hall–Kier alpha value is -1.28. The number of nitrogens with zero attached hydrogens (tertiary/aromatic N) is 1. The molecule has 0 aromatic heterocycles. The number of benzene rings is 1. The van der Waals surface area contributed by atoms with Crippen molar-refractivity contribution in [2.75, 3.05) is 12.3 Å². The first-order chi connectivity index (χ1) is 10.1. The Morgan fingerprint density at radius 2 is 2.00 bits per heavy atom. The fourth-order valence-corrected chi connectivity index (χ4v) is 4.16. The van der Waals surface area contributed by atoms with Gasteiger partial charge in [0, 0.05) is 19.1 Å². The smallest absolute Gasteiger partial charge is 0.406 e. The molecule has 0 bridgehead atoms. The molecule has 22 heavy (non-hydrogen) atoms. The molecule has 2 rings (SSSR count). The summed E-state index contributed by atoms with van der Waals surface area (Å²) in [5.41, 5.74) is 0.653. The maximum absolute atomic E-state index is 12.2. The van der Waals surface area contributed by atoms with Crippen LogP contribution >= 0.6 is 0 Å². The van der Waals surface area contributed by atoms with Gasteiger partial charge in [-0.1, -0.05) is 12.1 Å². The molecule has 1 saturated heterocycles. The van der Waals surface area contributed by atoms with Crippen LogP contribution in [0.5, 0.6) is 5.75 Å². The van der Waals surface area contributed by atoms with Crippen LogP contribution in [0.25, 0.3) is 0 Å². The first-order valence-electron chi connectivity index (χ1n) is 6.89. The normalized spacial score (nSPS) is 25.9. The fraction of sp³-hybridized carbons (Fsp3) is 0.571. The molecule has 1 aliphatic heterocycles. The van der Waals surface area contributed by atoms with Gasteiger partial charge in [0.2, 0.25) is 0 Å². The van der Waals surface area contributed by atoms with E-state index in [0.717, 1.165) is 0 Å². The zero-order chi connectivity index (χ0) is 16.5. The van der Waals surface area contributed by atoms with Crippen molar-refractivity contribution in [1.29, 1.82) is 0 Å². The summed E-state index contributed by atoms with van der Waals surface area (Å²) in [6.45, 7) is 4.24. The standard InChI is InChI=1S/C14H18F3NO3S/c1-10-11(2)22(19,20)7-6-18(10)9-12-4-3-5-13(8-12)21-14(15,16)17/h3-5,8,10-11H,6-7,9H2,1-2H3/t10-,11-/m0/s1. The van der Waals surface area contributed by atoms with Gasteiger partial charge in [-0.3, -0.25) is 4.90 Å². The largest absolute Gasteiger partial charge is 0.573 e. The van der Waals surface area contributed by atoms with Gasteiger partial charge in [-0.15, -0.1) is 13.2 Å². The number of halogens is 3. The number of sulfone groups is 1. The Labute approximate surface area is 127 Å². The number of alkyl halides is 3. The van der Waals surface area contributed by atoms with Crippen LogP contribution in [-0.2, 0) is 16.4 Å². The van der Waals surface area contributed by atoms with E-state index in [1.807, 2.05) is 11.8 Å². The lowest BCUT2D eigenvalue weighted by Gasteiger charge is -2.37. The molecule has 1 heterocycles. The molecule has 0 N–H and O–H groups in total. The highest BCUT2D eigenvalue weighted by Crippen LogP contribution is 2.25. The van der Waals surface area contributed by atoms with Crippen LogP contribution in [0.4, 0.5) is 13.2 Å². The highest BCUT2D eigenvalue weighted by atomic mass is 32.2. The predicted molar refractivity (Wildman–Crippen MR) is 76.2 cm³/mol. The van der Waals surface area contributed by atoms with Crippen molar-refractivity contribution in [2.24, 2.45) is 0 Å². The Balaban J connectivity index is 2.10. The van der Waals surface area contributed by atoms with E-state index in [4.69, 9.17) is 0 Å². The maximum Gasteiger partial charge on any atom is 0.573 e. The molecule has 1 aromatic carbocycles. The van der Waals surface area contributed by atoms with Crippen molar-refractivity contribution in [1.82, 2.24) is 4.90 Å². The van der Waals surface area contributed by atoms with Crippen LogP contribution in [0.3, 0.4) is 0 Å². The van der Waals surface area contributed by atoms with Gasteiger partial charge in [-0.25, -0.2) is 8.42 Å². The second-order valence-electron chi connectivity index (χ2n) is 5.48.